The molecule has 0 amide bonds. The summed E-state index contributed by atoms with van der Waals surface area (Å²) < 4.78 is 0. The predicted octanol–water partition coefficient (Wildman–Crippen LogP) is 4.20. The van der Waals surface area contributed by atoms with Gasteiger partial charge in [-0.2, -0.15) is 11.8 Å². The quantitative estimate of drug-likeness (QED) is 0.574. The van der Waals surface area contributed by atoms with E-state index >= 15 is 0 Å². The van der Waals surface area contributed by atoms with Gasteiger partial charge in [-0.1, -0.05) is 31.9 Å². The molecule has 3 nitrogen and oxygen atoms in total. The number of nitrogens with zero attached hydrogens (tertiary/aromatic N) is 2. The van der Waals surface area contributed by atoms with Crippen molar-refractivity contribution in [2.75, 3.05) is 23.9 Å². The molecule has 0 fully saturated rings. The molecule has 0 aromatic carbocycles. The van der Waals surface area contributed by atoms with Gasteiger partial charge in [0.05, 0.1) is 0 Å². The lowest BCUT2D eigenvalue weighted by atomic mass is 10.2. The number of halogens is 1. The summed E-state index contributed by atoms with van der Waals surface area (Å²) in [6.45, 7) is 5.08. The Balaban J connectivity index is 2.37. The third kappa shape index (κ3) is 5.91. The van der Waals surface area contributed by atoms with Gasteiger partial charge in [0, 0.05) is 18.5 Å². The number of unbranched alkanes of at least 4 members (excludes halogenated alkanes) is 2. The van der Waals surface area contributed by atoms with Crippen molar-refractivity contribution in [3.63, 3.8) is 0 Å². The highest BCUT2D eigenvalue weighted by molar-refractivity contribution is 7.98. The summed E-state index contributed by atoms with van der Waals surface area (Å²) >= 11 is 7.89. The zero-order valence-corrected chi connectivity index (χ0v) is 12.9. The van der Waals surface area contributed by atoms with Gasteiger partial charge in [-0.15, -0.1) is 0 Å². The van der Waals surface area contributed by atoms with Crippen molar-refractivity contribution in [3.8, 4) is 0 Å². The summed E-state index contributed by atoms with van der Waals surface area (Å²) in [5.41, 5.74) is 0. The Morgan fingerprint density at radius 1 is 1.28 bits per heavy atom. The lowest BCUT2D eigenvalue weighted by Crippen LogP contribution is -2.07. The van der Waals surface area contributed by atoms with E-state index in [-0.39, 0.29) is 0 Å². The molecule has 0 unspecified atom stereocenters. The molecule has 1 aromatic rings. The van der Waals surface area contributed by atoms with E-state index in [1.165, 1.54) is 25.0 Å². The van der Waals surface area contributed by atoms with Gasteiger partial charge < -0.3 is 5.32 Å². The molecule has 1 heterocycles. The summed E-state index contributed by atoms with van der Waals surface area (Å²) in [5.74, 6) is 3.18. The SMILES string of the molecule is CSCCCCCNc1cc(Cl)nc(C(C)C)n1. The van der Waals surface area contributed by atoms with E-state index in [9.17, 15) is 0 Å². The molecule has 5 heteroatoms. The molecule has 0 atom stereocenters. The molecule has 0 radical (unpaired) electrons. The Hall–Kier alpha value is -0.480. The highest BCUT2D eigenvalue weighted by atomic mass is 35.5. The number of anilines is 1. The minimum atomic E-state index is 0.297. The largest absolute Gasteiger partial charge is 0.370 e. The van der Waals surface area contributed by atoms with Gasteiger partial charge in [0.25, 0.3) is 0 Å². The van der Waals surface area contributed by atoms with Crippen LogP contribution >= 0.6 is 23.4 Å². The van der Waals surface area contributed by atoms with E-state index in [1.807, 2.05) is 11.8 Å². The third-order valence-electron chi connectivity index (χ3n) is 2.56. The Morgan fingerprint density at radius 3 is 2.72 bits per heavy atom. The fraction of sp³-hybridized carbons (Fsp3) is 0.692. The van der Waals surface area contributed by atoms with E-state index in [0.717, 1.165) is 18.2 Å². The first-order valence-electron chi connectivity index (χ1n) is 6.40. The number of thioether (sulfide) groups is 1. The Morgan fingerprint density at radius 2 is 2.06 bits per heavy atom. The number of hydrogen-bond donors (Lipinski definition) is 1. The van der Waals surface area contributed by atoms with Gasteiger partial charge in [-0.25, -0.2) is 9.97 Å². The van der Waals surface area contributed by atoms with Crippen LogP contribution < -0.4 is 5.32 Å². The van der Waals surface area contributed by atoms with Crippen LogP contribution in [0.5, 0.6) is 0 Å². The smallest absolute Gasteiger partial charge is 0.135 e. The van der Waals surface area contributed by atoms with Crippen molar-refractivity contribution >= 4 is 29.2 Å². The zero-order valence-electron chi connectivity index (χ0n) is 11.4. The molecule has 0 aliphatic rings. The van der Waals surface area contributed by atoms with Gasteiger partial charge in [-0.3, -0.25) is 0 Å². The molecule has 0 aliphatic heterocycles. The van der Waals surface area contributed by atoms with Crippen molar-refractivity contribution in [2.24, 2.45) is 0 Å². The normalized spacial score (nSPS) is 10.9. The average molecular weight is 288 g/mol. The first kappa shape index (κ1) is 15.6. The van der Waals surface area contributed by atoms with E-state index in [4.69, 9.17) is 11.6 Å². The molecule has 1 N–H and O–H groups in total. The van der Waals surface area contributed by atoms with Crippen LogP contribution in [-0.4, -0.2) is 28.5 Å². The first-order chi connectivity index (χ1) is 8.63. The van der Waals surface area contributed by atoms with E-state index in [2.05, 4.69) is 35.4 Å². The molecule has 0 saturated carbocycles. The highest BCUT2D eigenvalue weighted by Gasteiger charge is 2.06. The van der Waals surface area contributed by atoms with Crippen LogP contribution in [0.15, 0.2) is 6.07 Å². The van der Waals surface area contributed by atoms with Gasteiger partial charge in [0.2, 0.25) is 0 Å². The molecule has 0 spiro atoms. The van der Waals surface area contributed by atoms with Crippen LogP contribution in [0.4, 0.5) is 5.82 Å². The molecule has 18 heavy (non-hydrogen) atoms. The van der Waals surface area contributed by atoms with Gasteiger partial charge in [0.15, 0.2) is 0 Å². The average Bonchev–Trinajstić information content (AvgIpc) is 2.33. The van der Waals surface area contributed by atoms with Crippen molar-refractivity contribution in [1.29, 1.82) is 0 Å². The molecule has 0 saturated heterocycles. The van der Waals surface area contributed by atoms with Crippen LogP contribution in [0, 0.1) is 0 Å². The van der Waals surface area contributed by atoms with Crippen LogP contribution in [0.3, 0.4) is 0 Å². The highest BCUT2D eigenvalue weighted by Crippen LogP contribution is 2.17. The lowest BCUT2D eigenvalue weighted by Gasteiger charge is -2.09. The molecule has 1 rings (SSSR count). The number of hydrogen-bond acceptors (Lipinski definition) is 4. The van der Waals surface area contributed by atoms with Gasteiger partial charge in [-0.05, 0) is 24.9 Å². The maximum atomic E-state index is 5.98. The minimum absolute atomic E-state index is 0.297. The number of rotatable bonds is 8. The van der Waals surface area contributed by atoms with Crippen LogP contribution in [0.25, 0.3) is 0 Å². The summed E-state index contributed by atoms with van der Waals surface area (Å²) in [5, 5.41) is 3.83. The minimum Gasteiger partial charge on any atom is -0.370 e. The summed E-state index contributed by atoms with van der Waals surface area (Å²) in [4.78, 5) is 8.67. The van der Waals surface area contributed by atoms with Crippen molar-refractivity contribution in [1.82, 2.24) is 9.97 Å². The molecule has 0 bridgehead atoms. The predicted molar refractivity (Wildman–Crippen MR) is 81.9 cm³/mol. The Labute approximate surface area is 119 Å². The van der Waals surface area contributed by atoms with Crippen LogP contribution in [0.1, 0.15) is 44.9 Å². The Bertz CT molecular complexity index is 358. The molecule has 0 aliphatic carbocycles. The molecule has 102 valence electrons. The van der Waals surface area contributed by atoms with Gasteiger partial charge in [0.1, 0.15) is 16.8 Å². The fourth-order valence-electron chi connectivity index (χ4n) is 1.55. The topological polar surface area (TPSA) is 37.8 Å². The maximum Gasteiger partial charge on any atom is 0.135 e. The molecule has 1 aromatic heterocycles. The first-order valence-corrected chi connectivity index (χ1v) is 8.18. The second-order valence-corrected chi connectivity index (χ2v) is 5.94. The Kier molecular flexibility index (Phi) is 7.44. The maximum absolute atomic E-state index is 5.98. The second kappa shape index (κ2) is 8.59. The fourth-order valence-corrected chi connectivity index (χ4v) is 2.23. The summed E-state index contributed by atoms with van der Waals surface area (Å²) in [6.07, 6.45) is 5.85. The van der Waals surface area contributed by atoms with E-state index in [0.29, 0.717) is 11.1 Å². The lowest BCUT2D eigenvalue weighted by molar-refractivity contribution is 0.742. The third-order valence-corrected chi connectivity index (χ3v) is 3.45. The summed E-state index contributed by atoms with van der Waals surface area (Å²) in [7, 11) is 0. The van der Waals surface area contributed by atoms with Crippen molar-refractivity contribution < 1.29 is 0 Å². The van der Waals surface area contributed by atoms with E-state index < -0.39 is 0 Å². The van der Waals surface area contributed by atoms with Crippen LogP contribution in [0.2, 0.25) is 5.15 Å². The second-order valence-electron chi connectivity index (χ2n) is 4.57. The number of nitrogens with one attached hydrogen (secondary N) is 1. The molecular formula is C13H22ClN3S. The van der Waals surface area contributed by atoms with Gasteiger partial charge >= 0.3 is 0 Å². The monoisotopic (exact) mass is 287 g/mol. The van der Waals surface area contributed by atoms with E-state index in [1.54, 1.807) is 6.07 Å². The van der Waals surface area contributed by atoms with Crippen LogP contribution in [-0.2, 0) is 0 Å². The summed E-state index contributed by atoms with van der Waals surface area (Å²) in [6, 6.07) is 1.79. The standard InChI is InChI=1S/C13H22ClN3S/c1-10(2)13-16-11(14)9-12(17-13)15-7-5-4-6-8-18-3/h9-10H,4-8H2,1-3H3,(H,15,16,17). The zero-order chi connectivity index (χ0) is 13.4. The van der Waals surface area contributed by atoms with Crippen molar-refractivity contribution in [3.05, 3.63) is 17.0 Å². The number of aromatic nitrogens is 2. The molecular weight excluding hydrogens is 266 g/mol. The van der Waals surface area contributed by atoms with Crippen molar-refractivity contribution in [2.45, 2.75) is 39.0 Å².